The second kappa shape index (κ2) is 4.34. The van der Waals surface area contributed by atoms with Gasteiger partial charge in [0.15, 0.2) is 0 Å². The second-order valence-corrected chi connectivity index (χ2v) is 4.84. The molecule has 0 aliphatic carbocycles. The van der Waals surface area contributed by atoms with Crippen molar-refractivity contribution in [3.05, 3.63) is 24.3 Å². The van der Waals surface area contributed by atoms with E-state index in [1.807, 2.05) is 43.3 Å². The summed E-state index contributed by atoms with van der Waals surface area (Å²) in [6.07, 6.45) is 0.438. The number of anilines is 2. The van der Waals surface area contributed by atoms with Gasteiger partial charge in [-0.25, -0.2) is 0 Å². The Kier molecular flexibility index (Phi) is 3.06. The molecule has 16 heavy (non-hydrogen) atoms. The zero-order valence-electron chi connectivity index (χ0n) is 9.48. The van der Waals surface area contributed by atoms with Crippen molar-refractivity contribution in [3.63, 3.8) is 0 Å². The minimum atomic E-state index is -0.0597. The molecule has 1 aromatic rings. The molecule has 1 atom stereocenters. The zero-order chi connectivity index (χ0) is 11.7. The van der Waals surface area contributed by atoms with Crippen molar-refractivity contribution in [2.75, 3.05) is 30.4 Å². The van der Waals surface area contributed by atoms with E-state index in [0.29, 0.717) is 13.0 Å². The second-order valence-electron chi connectivity index (χ2n) is 4.22. The van der Waals surface area contributed by atoms with E-state index >= 15 is 0 Å². The molecule has 1 saturated heterocycles. The van der Waals surface area contributed by atoms with Gasteiger partial charge in [0.05, 0.1) is 5.38 Å². The molecule has 1 unspecified atom stereocenters. The van der Waals surface area contributed by atoms with Gasteiger partial charge in [-0.1, -0.05) is 6.07 Å². The number of benzene rings is 1. The lowest BCUT2D eigenvalue weighted by Crippen LogP contribution is -2.24. The molecular weight excluding hydrogens is 224 g/mol. The Morgan fingerprint density at radius 1 is 1.44 bits per heavy atom. The average Bonchev–Trinajstić information content (AvgIpc) is 2.58. The summed E-state index contributed by atoms with van der Waals surface area (Å²) in [4.78, 5) is 15.5. The Labute approximate surface area is 101 Å². The first kappa shape index (κ1) is 11.3. The number of nitrogens with zero attached hydrogens (tertiary/aromatic N) is 2. The molecule has 1 fully saturated rings. The van der Waals surface area contributed by atoms with Crippen molar-refractivity contribution >= 4 is 28.9 Å². The highest BCUT2D eigenvalue weighted by Crippen LogP contribution is 2.27. The van der Waals surface area contributed by atoms with Crippen LogP contribution in [0.1, 0.15) is 6.42 Å². The fraction of sp³-hybridized carbons (Fsp3) is 0.417. The van der Waals surface area contributed by atoms with Gasteiger partial charge >= 0.3 is 0 Å². The van der Waals surface area contributed by atoms with Gasteiger partial charge in [-0.05, 0) is 18.2 Å². The molecular formula is C12H15ClN2O. The summed E-state index contributed by atoms with van der Waals surface area (Å²) >= 11 is 5.98. The molecule has 0 bridgehead atoms. The first-order valence-electron chi connectivity index (χ1n) is 5.30. The molecule has 0 saturated carbocycles. The highest BCUT2D eigenvalue weighted by molar-refractivity contribution is 6.24. The summed E-state index contributed by atoms with van der Waals surface area (Å²) in [6.45, 7) is 0.608. The zero-order valence-corrected chi connectivity index (χ0v) is 10.2. The molecule has 0 spiro atoms. The number of rotatable bonds is 2. The molecule has 1 heterocycles. The predicted molar refractivity (Wildman–Crippen MR) is 67.4 cm³/mol. The van der Waals surface area contributed by atoms with E-state index in [2.05, 4.69) is 0 Å². The number of hydrogen-bond donors (Lipinski definition) is 0. The molecule has 1 aromatic carbocycles. The van der Waals surface area contributed by atoms with E-state index in [1.165, 1.54) is 0 Å². The third-order valence-corrected chi connectivity index (χ3v) is 3.03. The summed E-state index contributed by atoms with van der Waals surface area (Å²) in [5, 5.41) is -0.0597. The van der Waals surface area contributed by atoms with E-state index in [0.717, 1.165) is 11.4 Å². The Balaban J connectivity index is 2.27. The highest BCUT2D eigenvalue weighted by Gasteiger charge is 2.29. The van der Waals surface area contributed by atoms with Gasteiger partial charge in [0.1, 0.15) is 0 Å². The maximum atomic E-state index is 11.7. The number of amides is 1. The molecule has 86 valence electrons. The lowest BCUT2D eigenvalue weighted by atomic mass is 10.2. The van der Waals surface area contributed by atoms with Crippen LogP contribution >= 0.6 is 11.6 Å². The molecule has 0 aromatic heterocycles. The van der Waals surface area contributed by atoms with Gasteiger partial charge in [-0.3, -0.25) is 4.79 Å². The first-order valence-corrected chi connectivity index (χ1v) is 5.73. The summed E-state index contributed by atoms with van der Waals surface area (Å²) < 4.78 is 0. The molecule has 4 heteroatoms. The third-order valence-electron chi connectivity index (χ3n) is 2.74. The van der Waals surface area contributed by atoms with E-state index in [9.17, 15) is 4.79 Å². The van der Waals surface area contributed by atoms with Crippen molar-refractivity contribution in [2.24, 2.45) is 0 Å². The standard InChI is InChI=1S/C12H15ClN2O/c1-14(2)10-4-3-5-11(7-10)15-8-9(13)6-12(15)16/h3-5,7,9H,6,8H2,1-2H3. The summed E-state index contributed by atoms with van der Waals surface area (Å²) in [5.74, 6) is 0.107. The molecule has 1 aliphatic rings. The van der Waals surface area contributed by atoms with Crippen LogP contribution in [0.2, 0.25) is 0 Å². The smallest absolute Gasteiger partial charge is 0.228 e. The van der Waals surface area contributed by atoms with E-state index in [4.69, 9.17) is 11.6 Å². The Morgan fingerprint density at radius 2 is 2.19 bits per heavy atom. The van der Waals surface area contributed by atoms with Crippen LogP contribution in [0.25, 0.3) is 0 Å². The van der Waals surface area contributed by atoms with Gasteiger partial charge < -0.3 is 9.80 Å². The van der Waals surface area contributed by atoms with Crippen LogP contribution in [0.5, 0.6) is 0 Å². The minimum absolute atomic E-state index is 0.0597. The largest absolute Gasteiger partial charge is 0.378 e. The van der Waals surface area contributed by atoms with Crippen molar-refractivity contribution in [3.8, 4) is 0 Å². The lowest BCUT2D eigenvalue weighted by Gasteiger charge is -2.19. The van der Waals surface area contributed by atoms with E-state index < -0.39 is 0 Å². The number of hydrogen-bond acceptors (Lipinski definition) is 2. The Hall–Kier alpha value is -1.22. The van der Waals surface area contributed by atoms with Crippen LogP contribution in [0.15, 0.2) is 24.3 Å². The number of alkyl halides is 1. The van der Waals surface area contributed by atoms with E-state index in [1.54, 1.807) is 4.90 Å². The van der Waals surface area contributed by atoms with Gasteiger partial charge in [0, 0.05) is 38.4 Å². The van der Waals surface area contributed by atoms with Crippen LogP contribution in [-0.4, -0.2) is 31.9 Å². The normalized spacial score (nSPS) is 20.3. The molecule has 0 N–H and O–H groups in total. The molecule has 1 amide bonds. The Bertz CT molecular complexity index is 406. The van der Waals surface area contributed by atoms with Crippen molar-refractivity contribution in [1.29, 1.82) is 0 Å². The van der Waals surface area contributed by atoms with Crippen LogP contribution in [-0.2, 0) is 4.79 Å². The average molecular weight is 239 g/mol. The molecule has 0 radical (unpaired) electrons. The minimum Gasteiger partial charge on any atom is -0.378 e. The first-order chi connectivity index (χ1) is 7.58. The van der Waals surface area contributed by atoms with Crippen molar-refractivity contribution in [2.45, 2.75) is 11.8 Å². The summed E-state index contributed by atoms with van der Waals surface area (Å²) in [5.41, 5.74) is 2.02. The van der Waals surface area contributed by atoms with E-state index in [-0.39, 0.29) is 11.3 Å². The monoisotopic (exact) mass is 238 g/mol. The third kappa shape index (κ3) is 2.14. The van der Waals surface area contributed by atoms with Gasteiger partial charge in [-0.2, -0.15) is 0 Å². The van der Waals surface area contributed by atoms with Crippen LogP contribution in [0.3, 0.4) is 0 Å². The summed E-state index contributed by atoms with van der Waals surface area (Å²) in [6, 6.07) is 7.92. The number of carbonyl (C=O) groups is 1. The fourth-order valence-corrected chi connectivity index (χ4v) is 2.12. The van der Waals surface area contributed by atoms with Gasteiger partial charge in [-0.15, -0.1) is 11.6 Å². The maximum Gasteiger partial charge on any atom is 0.228 e. The molecule has 2 rings (SSSR count). The Morgan fingerprint density at radius 3 is 2.75 bits per heavy atom. The van der Waals surface area contributed by atoms with Gasteiger partial charge in [0.2, 0.25) is 5.91 Å². The van der Waals surface area contributed by atoms with Crippen molar-refractivity contribution < 1.29 is 4.79 Å². The van der Waals surface area contributed by atoms with Crippen LogP contribution < -0.4 is 9.80 Å². The predicted octanol–water partition coefficient (Wildman–Crippen LogP) is 2.10. The topological polar surface area (TPSA) is 23.6 Å². The van der Waals surface area contributed by atoms with Crippen molar-refractivity contribution in [1.82, 2.24) is 0 Å². The SMILES string of the molecule is CN(C)c1cccc(N2CC(Cl)CC2=O)c1. The van der Waals surface area contributed by atoms with Gasteiger partial charge in [0.25, 0.3) is 0 Å². The summed E-state index contributed by atoms with van der Waals surface area (Å²) in [7, 11) is 3.96. The molecule has 1 aliphatic heterocycles. The fourth-order valence-electron chi connectivity index (χ4n) is 1.85. The maximum absolute atomic E-state index is 11.7. The lowest BCUT2D eigenvalue weighted by molar-refractivity contribution is -0.117. The molecule has 3 nitrogen and oxygen atoms in total. The number of halogens is 1. The number of carbonyl (C=O) groups excluding carboxylic acids is 1. The quantitative estimate of drug-likeness (QED) is 0.737. The van der Waals surface area contributed by atoms with Crippen LogP contribution in [0.4, 0.5) is 11.4 Å². The highest BCUT2D eigenvalue weighted by atomic mass is 35.5. The van der Waals surface area contributed by atoms with Crippen LogP contribution in [0, 0.1) is 0 Å².